The molecular weight excluding hydrogens is 417 g/mol. The van der Waals surface area contributed by atoms with Crippen LogP contribution in [-0.4, -0.2) is 25.3 Å². The van der Waals surface area contributed by atoms with Crippen molar-refractivity contribution >= 4 is 16.0 Å². The Balaban J connectivity index is 1.70. The second kappa shape index (κ2) is 10.3. The molecule has 0 heterocycles. The number of benzene rings is 2. The lowest BCUT2D eigenvalue weighted by Crippen LogP contribution is -2.42. The molecule has 2 aromatic rings. The van der Waals surface area contributed by atoms with Crippen molar-refractivity contribution in [2.24, 2.45) is 5.92 Å². The van der Waals surface area contributed by atoms with Crippen molar-refractivity contribution in [3.63, 3.8) is 0 Å². The second-order valence-electron chi connectivity index (χ2n) is 8.19. The molecule has 1 amide bonds. The van der Waals surface area contributed by atoms with Gasteiger partial charge in [0.25, 0.3) is 0 Å². The quantitative estimate of drug-likeness (QED) is 0.515. The number of hydrogen-bond donors (Lipinski definition) is 0. The Hall–Kier alpha value is -2.41. The zero-order valence-corrected chi connectivity index (χ0v) is 18.9. The molecule has 1 unspecified atom stereocenters. The minimum atomic E-state index is -4.04. The third kappa shape index (κ3) is 6.06. The lowest BCUT2D eigenvalue weighted by molar-refractivity contribution is -0.139. The molecule has 31 heavy (non-hydrogen) atoms. The molecule has 3 rings (SSSR count). The van der Waals surface area contributed by atoms with E-state index in [0.717, 1.165) is 49.8 Å². The molecule has 1 saturated carbocycles. The van der Waals surface area contributed by atoms with Crippen molar-refractivity contribution < 1.29 is 21.8 Å². The first-order valence-corrected chi connectivity index (χ1v) is 12.3. The average Bonchev–Trinajstić information content (AvgIpc) is 2.78. The monoisotopic (exact) mass is 447 g/mol. The van der Waals surface area contributed by atoms with Gasteiger partial charge < -0.3 is 9.08 Å². The van der Waals surface area contributed by atoms with Crippen LogP contribution in [-0.2, 0) is 21.5 Å². The van der Waals surface area contributed by atoms with Crippen molar-refractivity contribution in [2.75, 3.05) is 0 Å². The van der Waals surface area contributed by atoms with Crippen LogP contribution in [0.2, 0.25) is 0 Å². The largest absolute Gasteiger partial charge is 0.379 e. The third-order valence-corrected chi connectivity index (χ3v) is 7.21. The van der Waals surface area contributed by atoms with Gasteiger partial charge in [-0.25, -0.2) is 4.39 Å². The molecular formula is C24H30FNO4S. The maximum Gasteiger partial charge on any atom is 0.339 e. The van der Waals surface area contributed by atoms with Crippen molar-refractivity contribution in [3.05, 3.63) is 59.9 Å². The van der Waals surface area contributed by atoms with Crippen LogP contribution in [0.15, 0.2) is 53.4 Å². The van der Waals surface area contributed by atoms with Crippen LogP contribution in [0.1, 0.15) is 57.9 Å². The first-order valence-electron chi connectivity index (χ1n) is 10.9. The summed E-state index contributed by atoms with van der Waals surface area (Å²) in [5, 5.41) is 0. The fraction of sp³-hybridized carbons (Fsp3) is 0.458. The number of hydrogen-bond acceptors (Lipinski definition) is 4. The van der Waals surface area contributed by atoms with E-state index in [9.17, 15) is 17.6 Å². The van der Waals surface area contributed by atoms with Crippen molar-refractivity contribution in [3.8, 4) is 5.75 Å². The number of carbonyl (C=O) groups is 1. The summed E-state index contributed by atoms with van der Waals surface area (Å²) in [5.74, 6) is -0.0295. The molecule has 5 nitrogen and oxygen atoms in total. The van der Waals surface area contributed by atoms with Crippen molar-refractivity contribution in [2.45, 2.75) is 69.9 Å². The molecule has 0 aliphatic heterocycles. The molecule has 0 bridgehead atoms. The van der Waals surface area contributed by atoms with Crippen LogP contribution in [0.5, 0.6) is 5.75 Å². The molecule has 0 spiro atoms. The predicted molar refractivity (Wildman–Crippen MR) is 118 cm³/mol. The van der Waals surface area contributed by atoms with Gasteiger partial charge in [-0.1, -0.05) is 38.3 Å². The summed E-state index contributed by atoms with van der Waals surface area (Å²) in [4.78, 5) is 15.0. The summed E-state index contributed by atoms with van der Waals surface area (Å²) in [5.41, 5.74) is 0.913. The minimum absolute atomic E-state index is 0.103. The first kappa shape index (κ1) is 23.3. The highest BCUT2D eigenvalue weighted by molar-refractivity contribution is 7.87. The van der Waals surface area contributed by atoms with Gasteiger partial charge in [0.2, 0.25) is 5.91 Å². The van der Waals surface area contributed by atoms with Gasteiger partial charge in [-0.05, 0) is 68.1 Å². The maximum atomic E-state index is 13.1. The highest BCUT2D eigenvalue weighted by atomic mass is 32.2. The van der Waals surface area contributed by atoms with Gasteiger partial charge in [-0.2, -0.15) is 8.42 Å². The minimum Gasteiger partial charge on any atom is -0.379 e. The molecule has 1 aliphatic carbocycles. The topological polar surface area (TPSA) is 63.7 Å². The molecule has 2 aromatic carbocycles. The summed E-state index contributed by atoms with van der Waals surface area (Å²) in [6.07, 6.45) is 6.21. The Kier molecular flexibility index (Phi) is 7.70. The molecule has 0 N–H and O–H groups in total. The predicted octanol–water partition coefficient (Wildman–Crippen LogP) is 5.30. The molecule has 0 saturated heterocycles. The number of nitrogens with zero attached hydrogens (tertiary/aromatic N) is 1. The number of halogens is 1. The lowest BCUT2D eigenvalue weighted by atomic mass is 9.87. The van der Waals surface area contributed by atoms with E-state index in [1.54, 1.807) is 24.3 Å². The fourth-order valence-electron chi connectivity index (χ4n) is 3.88. The van der Waals surface area contributed by atoms with Crippen LogP contribution in [0.3, 0.4) is 0 Å². The summed E-state index contributed by atoms with van der Waals surface area (Å²) in [7, 11) is -4.04. The number of carbonyl (C=O) groups excluding carboxylic acids is 1. The van der Waals surface area contributed by atoms with Gasteiger partial charge in [-0.15, -0.1) is 0 Å². The lowest BCUT2D eigenvalue weighted by Gasteiger charge is -2.33. The standard InChI is InChI=1S/C24H30FNO4S/c1-3-18(2)26(24(27)20-7-5-4-6-8-20)17-19-9-13-22(14-10-19)30-31(28,29)23-15-11-21(25)12-16-23/h9-16,18,20H,3-8,17H2,1-2H3. The van der Waals surface area contributed by atoms with Gasteiger partial charge in [-0.3, -0.25) is 4.79 Å². The highest BCUT2D eigenvalue weighted by Gasteiger charge is 2.28. The molecule has 0 aromatic heterocycles. The Labute approximate surface area is 184 Å². The van der Waals surface area contributed by atoms with Crippen LogP contribution in [0.4, 0.5) is 4.39 Å². The summed E-state index contributed by atoms with van der Waals surface area (Å²) in [6.45, 7) is 4.62. The zero-order valence-electron chi connectivity index (χ0n) is 18.1. The Bertz CT molecular complexity index is 968. The Morgan fingerprint density at radius 2 is 1.68 bits per heavy atom. The van der Waals surface area contributed by atoms with Crippen LogP contribution < -0.4 is 4.18 Å². The summed E-state index contributed by atoms with van der Waals surface area (Å²) in [6, 6.07) is 11.3. The molecule has 168 valence electrons. The summed E-state index contributed by atoms with van der Waals surface area (Å²) < 4.78 is 43.0. The average molecular weight is 448 g/mol. The normalized spacial score (nSPS) is 16.0. The number of amides is 1. The Morgan fingerprint density at radius 1 is 1.06 bits per heavy atom. The summed E-state index contributed by atoms with van der Waals surface area (Å²) >= 11 is 0. The van der Waals surface area contributed by atoms with Crippen molar-refractivity contribution in [1.29, 1.82) is 0 Å². The molecule has 1 atom stereocenters. The van der Waals surface area contributed by atoms with Crippen LogP contribution >= 0.6 is 0 Å². The van der Waals surface area contributed by atoms with E-state index in [1.165, 1.54) is 18.6 Å². The molecule has 0 radical (unpaired) electrons. The van der Waals surface area contributed by atoms with E-state index < -0.39 is 15.9 Å². The first-order chi connectivity index (χ1) is 14.8. The third-order valence-electron chi connectivity index (χ3n) is 5.94. The zero-order chi connectivity index (χ0) is 22.4. The van der Waals surface area contributed by atoms with Gasteiger partial charge >= 0.3 is 10.1 Å². The van der Waals surface area contributed by atoms with Crippen molar-refractivity contribution in [1.82, 2.24) is 4.90 Å². The molecule has 7 heteroatoms. The molecule has 1 aliphatic rings. The van der Waals surface area contributed by atoms with Gasteiger partial charge in [0, 0.05) is 18.5 Å². The van der Waals surface area contributed by atoms with E-state index in [-0.39, 0.29) is 28.5 Å². The van der Waals surface area contributed by atoms with E-state index in [0.29, 0.717) is 6.54 Å². The van der Waals surface area contributed by atoms with E-state index in [2.05, 4.69) is 13.8 Å². The van der Waals surface area contributed by atoms with Crippen LogP contribution in [0, 0.1) is 11.7 Å². The highest BCUT2D eigenvalue weighted by Crippen LogP contribution is 2.28. The smallest absolute Gasteiger partial charge is 0.339 e. The SMILES string of the molecule is CCC(C)N(Cc1ccc(OS(=O)(=O)c2ccc(F)cc2)cc1)C(=O)C1CCCCC1. The van der Waals surface area contributed by atoms with Crippen LogP contribution in [0.25, 0.3) is 0 Å². The maximum absolute atomic E-state index is 13.1. The molecule has 1 fully saturated rings. The van der Waals surface area contributed by atoms with Gasteiger partial charge in [0.1, 0.15) is 16.5 Å². The van der Waals surface area contributed by atoms with Gasteiger partial charge in [0.15, 0.2) is 0 Å². The van der Waals surface area contributed by atoms with E-state index in [1.807, 2.05) is 4.90 Å². The van der Waals surface area contributed by atoms with E-state index in [4.69, 9.17) is 4.18 Å². The Morgan fingerprint density at radius 3 is 2.26 bits per heavy atom. The second-order valence-corrected chi connectivity index (χ2v) is 9.74. The van der Waals surface area contributed by atoms with Gasteiger partial charge in [0.05, 0.1) is 0 Å². The number of rotatable bonds is 8. The fourth-order valence-corrected chi connectivity index (χ4v) is 4.81. The van der Waals surface area contributed by atoms with E-state index >= 15 is 0 Å².